The average molecular weight is 352 g/mol. The minimum absolute atomic E-state index is 0.902. The molecule has 0 aromatic carbocycles. The van der Waals surface area contributed by atoms with E-state index in [2.05, 4.69) is 40.0 Å². The highest BCUT2D eigenvalue weighted by Crippen LogP contribution is 2.34. The molecule has 2 heterocycles. The molecule has 22 heavy (non-hydrogen) atoms. The van der Waals surface area contributed by atoms with Crippen molar-refractivity contribution in [2.24, 2.45) is 0 Å². The second-order valence-corrected chi connectivity index (χ2v) is 7.39. The lowest BCUT2D eigenvalue weighted by Crippen LogP contribution is -2.17. The summed E-state index contributed by atoms with van der Waals surface area (Å²) in [6.07, 6.45) is 7.27. The minimum atomic E-state index is 0.902. The normalized spacial score (nSPS) is 10.8. The molecule has 2 aromatic heterocycles. The number of nitrogens with zero attached hydrogens (tertiary/aromatic N) is 2. The van der Waals surface area contributed by atoms with Crippen molar-refractivity contribution >= 4 is 34.2 Å². The highest BCUT2D eigenvalue weighted by molar-refractivity contribution is 8.76. The Morgan fingerprint density at radius 2 is 1.82 bits per heavy atom. The Morgan fingerprint density at radius 3 is 2.50 bits per heavy atom. The van der Waals surface area contributed by atoms with Crippen molar-refractivity contribution in [3.8, 4) is 0 Å². The number of aryl methyl sites for hydroxylation is 1. The van der Waals surface area contributed by atoms with Gasteiger partial charge in [-0.05, 0) is 71.2 Å². The summed E-state index contributed by atoms with van der Waals surface area (Å²) >= 11 is 4.17. The molecular weight excluding hydrogens is 330 g/mol. The van der Waals surface area contributed by atoms with Crippen LogP contribution in [-0.4, -0.2) is 28.8 Å². The van der Waals surface area contributed by atoms with Crippen molar-refractivity contribution in [1.82, 2.24) is 15.3 Å². The lowest BCUT2D eigenvalue weighted by atomic mass is 10.1. The minimum Gasteiger partial charge on any atom is -0.316 e. The van der Waals surface area contributed by atoms with Crippen LogP contribution in [0.5, 0.6) is 0 Å². The van der Waals surface area contributed by atoms with E-state index in [0.29, 0.717) is 0 Å². The molecule has 0 spiro atoms. The second kappa shape index (κ2) is 10.9. The van der Waals surface area contributed by atoms with E-state index in [1.807, 2.05) is 30.6 Å². The average Bonchev–Trinajstić information content (AvgIpc) is 2.58. The Balaban J connectivity index is 1.67. The van der Waals surface area contributed by atoms with Crippen molar-refractivity contribution < 1.29 is 0 Å². The Labute approximate surface area is 145 Å². The maximum Gasteiger partial charge on any atom is 0.107 e. The lowest BCUT2D eigenvalue weighted by Gasteiger charge is -2.04. The topological polar surface area (TPSA) is 37.8 Å². The van der Waals surface area contributed by atoms with Gasteiger partial charge in [-0.15, -0.1) is 0 Å². The third-order valence-electron chi connectivity index (χ3n) is 3.01. The summed E-state index contributed by atoms with van der Waals surface area (Å²) in [7, 11) is 3.28. The smallest absolute Gasteiger partial charge is 0.107 e. The summed E-state index contributed by atoms with van der Waals surface area (Å²) in [5, 5.41) is 5.39. The fraction of sp³-hybridized carbons (Fsp3) is 0.375. The largest absolute Gasteiger partial charge is 0.316 e. The van der Waals surface area contributed by atoms with Crippen LogP contribution in [0.15, 0.2) is 52.8 Å². The van der Waals surface area contributed by atoms with E-state index in [9.17, 15) is 0 Å². The van der Waals surface area contributed by atoms with Gasteiger partial charge in [0.2, 0.25) is 0 Å². The molecule has 118 valence electrons. The van der Waals surface area contributed by atoms with Crippen LogP contribution < -0.4 is 5.32 Å². The zero-order valence-corrected chi connectivity index (χ0v) is 15.0. The van der Waals surface area contributed by atoms with Gasteiger partial charge >= 0.3 is 0 Å². The number of hydrogen-bond donors (Lipinski definition) is 2. The van der Waals surface area contributed by atoms with Crippen LogP contribution in [0, 0.1) is 0 Å². The number of thiol groups is 1. The van der Waals surface area contributed by atoms with Crippen LogP contribution in [0.2, 0.25) is 0 Å². The molecule has 0 amide bonds. The predicted molar refractivity (Wildman–Crippen MR) is 99.8 cm³/mol. The third kappa shape index (κ3) is 7.05. The van der Waals surface area contributed by atoms with Crippen molar-refractivity contribution in [3.63, 3.8) is 0 Å². The molecule has 0 atom stereocenters. The molecule has 2 aromatic rings. The Kier molecular flexibility index (Phi) is 8.78. The van der Waals surface area contributed by atoms with Crippen LogP contribution in [0.4, 0.5) is 0 Å². The first-order valence-electron chi connectivity index (χ1n) is 7.40. The van der Waals surface area contributed by atoms with Crippen LogP contribution in [0.3, 0.4) is 0 Å². The van der Waals surface area contributed by atoms with Crippen molar-refractivity contribution in [2.45, 2.75) is 29.3 Å². The maximum atomic E-state index is 4.51. The van der Waals surface area contributed by atoms with Gasteiger partial charge in [-0.3, -0.25) is 0 Å². The molecule has 0 aliphatic rings. The molecule has 6 heteroatoms. The van der Waals surface area contributed by atoms with Crippen LogP contribution in [0.25, 0.3) is 0 Å². The summed E-state index contributed by atoms with van der Waals surface area (Å²) in [5.74, 6) is 0.902. The fourth-order valence-electron chi connectivity index (χ4n) is 1.87. The summed E-state index contributed by atoms with van der Waals surface area (Å²) < 4.78 is 0. The molecule has 0 aliphatic carbocycles. The van der Waals surface area contributed by atoms with E-state index in [0.717, 1.165) is 35.3 Å². The van der Waals surface area contributed by atoms with Gasteiger partial charge in [0, 0.05) is 24.7 Å². The van der Waals surface area contributed by atoms with Crippen molar-refractivity contribution in [3.05, 3.63) is 48.3 Å². The van der Waals surface area contributed by atoms with Gasteiger partial charge < -0.3 is 5.32 Å². The van der Waals surface area contributed by atoms with E-state index in [1.54, 1.807) is 21.6 Å². The second-order valence-electron chi connectivity index (χ2n) is 4.77. The first-order chi connectivity index (χ1) is 10.9. The number of rotatable bonds is 10. The molecule has 0 radical (unpaired) electrons. The van der Waals surface area contributed by atoms with Gasteiger partial charge in [-0.2, -0.15) is 12.6 Å². The van der Waals surface area contributed by atoms with Crippen LogP contribution in [0.1, 0.15) is 18.4 Å². The van der Waals surface area contributed by atoms with Gasteiger partial charge in [0.05, 0.1) is 0 Å². The molecule has 3 nitrogen and oxygen atoms in total. The van der Waals surface area contributed by atoms with Crippen molar-refractivity contribution in [1.29, 1.82) is 0 Å². The van der Waals surface area contributed by atoms with E-state index in [4.69, 9.17) is 0 Å². The maximum absolute atomic E-state index is 4.51. The molecular formula is C16H21N3S3. The molecule has 0 aliphatic heterocycles. The van der Waals surface area contributed by atoms with E-state index in [1.165, 1.54) is 18.4 Å². The Bertz CT molecular complexity index is 520. The Hall–Kier alpha value is -0.690. The zero-order chi connectivity index (χ0) is 15.5. The molecule has 0 fully saturated rings. The molecule has 0 saturated heterocycles. The summed E-state index contributed by atoms with van der Waals surface area (Å²) in [5.41, 5.74) is 1.31. The van der Waals surface area contributed by atoms with Gasteiger partial charge in [0.25, 0.3) is 0 Å². The number of pyridine rings is 2. The SMILES string of the molecule is SCCNCCCCc1ccc(SSc2ccccn2)nc1. The number of unbranched alkanes of at least 4 members (excludes halogenated alkanes) is 1. The molecule has 0 unspecified atom stereocenters. The standard InChI is InChI=1S/C16H21N3S3/c20-12-11-17-9-3-1-5-14-7-8-16(19-13-14)22-21-15-6-2-4-10-18-15/h2,4,6-8,10,13,17,20H,1,3,5,9,11-12H2. The molecule has 1 N–H and O–H groups in total. The van der Waals surface area contributed by atoms with E-state index < -0.39 is 0 Å². The van der Waals surface area contributed by atoms with E-state index >= 15 is 0 Å². The Morgan fingerprint density at radius 1 is 0.955 bits per heavy atom. The number of hydrogen-bond acceptors (Lipinski definition) is 6. The van der Waals surface area contributed by atoms with Gasteiger partial charge in [0.15, 0.2) is 0 Å². The summed E-state index contributed by atoms with van der Waals surface area (Å²) in [6.45, 7) is 2.06. The number of nitrogens with one attached hydrogen (secondary N) is 1. The third-order valence-corrected chi connectivity index (χ3v) is 5.41. The summed E-state index contributed by atoms with van der Waals surface area (Å²) in [6, 6.07) is 10.2. The molecule has 2 rings (SSSR count). The van der Waals surface area contributed by atoms with E-state index in [-0.39, 0.29) is 0 Å². The molecule has 0 bridgehead atoms. The van der Waals surface area contributed by atoms with Crippen LogP contribution >= 0.6 is 34.2 Å². The lowest BCUT2D eigenvalue weighted by molar-refractivity contribution is 0.643. The number of aromatic nitrogens is 2. The highest BCUT2D eigenvalue weighted by atomic mass is 33.1. The van der Waals surface area contributed by atoms with Gasteiger partial charge in [0.1, 0.15) is 10.1 Å². The quantitative estimate of drug-likeness (QED) is 0.383. The highest BCUT2D eigenvalue weighted by Gasteiger charge is 2.00. The van der Waals surface area contributed by atoms with Crippen molar-refractivity contribution in [2.75, 3.05) is 18.8 Å². The first-order valence-corrected chi connectivity index (χ1v) is 10.2. The fourth-order valence-corrected chi connectivity index (χ4v) is 3.76. The first kappa shape index (κ1) is 17.7. The monoisotopic (exact) mass is 351 g/mol. The van der Waals surface area contributed by atoms with Gasteiger partial charge in [-0.1, -0.05) is 12.1 Å². The van der Waals surface area contributed by atoms with Gasteiger partial charge in [-0.25, -0.2) is 9.97 Å². The zero-order valence-electron chi connectivity index (χ0n) is 12.4. The summed E-state index contributed by atoms with van der Waals surface area (Å²) in [4.78, 5) is 8.80. The molecule has 0 saturated carbocycles. The van der Waals surface area contributed by atoms with Crippen LogP contribution in [-0.2, 0) is 6.42 Å². The predicted octanol–water partition coefficient (Wildman–Crippen LogP) is 4.12.